The minimum Gasteiger partial charge on any atom is -0.375 e. The first-order chi connectivity index (χ1) is 9.09. The highest BCUT2D eigenvalue weighted by Crippen LogP contribution is 2.46. The average Bonchev–Trinajstić information content (AvgIpc) is 2.42. The van der Waals surface area contributed by atoms with Gasteiger partial charge < -0.3 is 15.8 Å². The van der Waals surface area contributed by atoms with Crippen LogP contribution >= 0.6 is 11.6 Å². The van der Waals surface area contributed by atoms with E-state index in [1.165, 1.54) is 12.1 Å². The highest BCUT2D eigenvalue weighted by atomic mass is 35.5. The van der Waals surface area contributed by atoms with Gasteiger partial charge >= 0.3 is 0 Å². The van der Waals surface area contributed by atoms with E-state index < -0.39 is 11.1 Å². The summed E-state index contributed by atoms with van der Waals surface area (Å²) < 4.78 is 19.6. The number of benzene rings is 1. The van der Waals surface area contributed by atoms with Gasteiger partial charge in [-0.25, -0.2) is 4.39 Å². The normalized spacial score (nSPS) is 27.6. The molecule has 5 heteroatoms. The Balaban J connectivity index is 2.37. The van der Waals surface area contributed by atoms with Crippen molar-refractivity contribution in [3.8, 4) is 0 Å². The number of nitrogens with one attached hydrogen (secondary N) is 1. The number of rotatable bonds is 3. The second kappa shape index (κ2) is 4.86. The summed E-state index contributed by atoms with van der Waals surface area (Å²) in [5.41, 5.74) is 5.42. The maximum Gasteiger partial charge on any atom is 0.126 e. The molecule has 1 aliphatic rings. The number of nitrogens with two attached hydrogens (primary N) is 1. The van der Waals surface area contributed by atoms with Crippen LogP contribution in [0.1, 0.15) is 34.1 Å². The van der Waals surface area contributed by atoms with Crippen LogP contribution in [0.25, 0.3) is 0 Å². The van der Waals surface area contributed by atoms with Crippen molar-refractivity contribution in [3.63, 3.8) is 0 Å². The van der Waals surface area contributed by atoms with E-state index in [9.17, 15) is 4.39 Å². The molecule has 0 bridgehead atoms. The first-order valence-electron chi connectivity index (χ1n) is 6.74. The summed E-state index contributed by atoms with van der Waals surface area (Å²) >= 11 is 5.91. The average molecular weight is 301 g/mol. The first-order valence-corrected chi connectivity index (χ1v) is 7.12. The molecular weight excluding hydrogens is 279 g/mol. The second-order valence-corrected chi connectivity index (χ2v) is 7.05. The monoisotopic (exact) mass is 300 g/mol. The van der Waals surface area contributed by atoms with Gasteiger partial charge in [0.1, 0.15) is 5.82 Å². The van der Waals surface area contributed by atoms with Gasteiger partial charge in [-0.1, -0.05) is 11.6 Å². The van der Waals surface area contributed by atoms with Crippen LogP contribution in [0, 0.1) is 5.82 Å². The van der Waals surface area contributed by atoms with Crippen LogP contribution in [-0.4, -0.2) is 23.3 Å². The lowest BCUT2D eigenvalue weighted by atomic mass is 9.78. The predicted octanol–water partition coefficient (Wildman–Crippen LogP) is 3.57. The zero-order valence-electron chi connectivity index (χ0n) is 12.4. The van der Waals surface area contributed by atoms with Crippen LogP contribution in [-0.2, 0) is 4.74 Å². The Morgan fingerprint density at radius 1 is 1.30 bits per heavy atom. The van der Waals surface area contributed by atoms with Gasteiger partial charge in [0, 0.05) is 23.7 Å². The lowest BCUT2D eigenvalue weighted by molar-refractivity contribution is -0.0753. The Bertz CT molecular complexity index is 498. The molecule has 0 spiro atoms. The molecule has 3 nitrogen and oxygen atoms in total. The van der Waals surface area contributed by atoms with Gasteiger partial charge in [-0.15, -0.1) is 0 Å². The van der Waals surface area contributed by atoms with Crippen LogP contribution in [0.15, 0.2) is 18.2 Å². The van der Waals surface area contributed by atoms with Crippen LogP contribution in [0.5, 0.6) is 0 Å². The van der Waals surface area contributed by atoms with Gasteiger partial charge in [0.2, 0.25) is 0 Å². The summed E-state index contributed by atoms with van der Waals surface area (Å²) in [5.74, 6) is -0.372. The summed E-state index contributed by atoms with van der Waals surface area (Å²) in [6, 6.07) is 4.40. The molecule has 1 fully saturated rings. The molecular formula is C15H22ClFN2O. The van der Waals surface area contributed by atoms with E-state index in [0.717, 1.165) is 6.42 Å². The van der Waals surface area contributed by atoms with Crippen LogP contribution in [0.3, 0.4) is 0 Å². The zero-order chi connectivity index (χ0) is 15.2. The smallest absolute Gasteiger partial charge is 0.126 e. The lowest BCUT2D eigenvalue weighted by Crippen LogP contribution is -2.57. The van der Waals surface area contributed by atoms with E-state index in [2.05, 4.69) is 5.32 Å². The molecule has 0 aliphatic carbocycles. The molecule has 3 N–H and O–H groups in total. The minimum absolute atomic E-state index is 0.285. The molecule has 0 aromatic heterocycles. The molecule has 0 amide bonds. The molecule has 1 aliphatic heterocycles. The molecule has 1 aromatic carbocycles. The van der Waals surface area contributed by atoms with Crippen molar-refractivity contribution in [1.82, 2.24) is 0 Å². The Morgan fingerprint density at radius 3 is 2.40 bits per heavy atom. The molecule has 20 heavy (non-hydrogen) atoms. The third-order valence-corrected chi connectivity index (χ3v) is 4.22. The Labute approximate surface area is 124 Å². The Morgan fingerprint density at radius 2 is 1.95 bits per heavy atom. The predicted molar refractivity (Wildman–Crippen MR) is 80.7 cm³/mol. The van der Waals surface area contributed by atoms with E-state index in [-0.39, 0.29) is 11.4 Å². The van der Waals surface area contributed by atoms with Gasteiger partial charge in [-0.2, -0.15) is 0 Å². The Kier molecular flexibility index (Phi) is 3.78. The maximum atomic E-state index is 13.5. The molecule has 0 saturated carbocycles. The van der Waals surface area contributed by atoms with Gasteiger partial charge in [-0.05, 0) is 45.9 Å². The van der Waals surface area contributed by atoms with Crippen molar-refractivity contribution in [2.75, 3.05) is 11.9 Å². The quantitative estimate of drug-likeness (QED) is 0.897. The molecule has 2 rings (SSSR count). The standard InChI is InChI=1S/C15H22ClFN2O/c1-13(2)8-15(9-18,14(3,4)20-13)19-12-6-10(16)5-11(17)7-12/h5-7,19H,8-9,18H2,1-4H3. The van der Waals surface area contributed by atoms with Crippen LogP contribution in [0.2, 0.25) is 5.02 Å². The van der Waals surface area contributed by atoms with E-state index in [0.29, 0.717) is 17.3 Å². The minimum atomic E-state index is -0.468. The van der Waals surface area contributed by atoms with Crippen LogP contribution in [0.4, 0.5) is 10.1 Å². The van der Waals surface area contributed by atoms with Crippen molar-refractivity contribution in [2.45, 2.75) is 50.9 Å². The van der Waals surface area contributed by atoms with Gasteiger partial charge in [0.05, 0.1) is 16.7 Å². The zero-order valence-corrected chi connectivity index (χ0v) is 13.1. The van der Waals surface area contributed by atoms with Crippen LogP contribution < -0.4 is 11.1 Å². The fourth-order valence-electron chi connectivity index (χ4n) is 3.23. The molecule has 1 saturated heterocycles. The van der Waals surface area contributed by atoms with Gasteiger partial charge in [0.25, 0.3) is 0 Å². The van der Waals surface area contributed by atoms with Gasteiger partial charge in [0.15, 0.2) is 0 Å². The van der Waals surface area contributed by atoms with E-state index in [1.807, 2.05) is 27.7 Å². The van der Waals surface area contributed by atoms with Crippen molar-refractivity contribution in [2.24, 2.45) is 5.73 Å². The number of anilines is 1. The third-order valence-electron chi connectivity index (χ3n) is 4.01. The number of halogens is 2. The largest absolute Gasteiger partial charge is 0.375 e. The topological polar surface area (TPSA) is 47.3 Å². The molecule has 1 aromatic rings. The molecule has 0 radical (unpaired) electrons. The highest BCUT2D eigenvalue weighted by molar-refractivity contribution is 6.30. The summed E-state index contributed by atoms with van der Waals surface area (Å²) in [6.45, 7) is 8.46. The van der Waals surface area contributed by atoms with Crippen molar-refractivity contribution in [3.05, 3.63) is 29.0 Å². The lowest BCUT2D eigenvalue weighted by Gasteiger charge is -2.40. The fraction of sp³-hybridized carbons (Fsp3) is 0.600. The molecule has 1 atom stereocenters. The summed E-state index contributed by atoms with van der Waals surface area (Å²) in [7, 11) is 0. The van der Waals surface area contributed by atoms with Gasteiger partial charge in [-0.3, -0.25) is 0 Å². The highest BCUT2D eigenvalue weighted by Gasteiger charge is 2.56. The molecule has 1 heterocycles. The third kappa shape index (κ3) is 2.78. The van der Waals surface area contributed by atoms with E-state index in [1.54, 1.807) is 6.07 Å². The number of ether oxygens (including phenoxy) is 1. The summed E-state index contributed by atoms with van der Waals surface area (Å²) in [6.07, 6.45) is 0.734. The first kappa shape index (κ1) is 15.5. The maximum absolute atomic E-state index is 13.5. The van der Waals surface area contributed by atoms with E-state index >= 15 is 0 Å². The van der Waals surface area contributed by atoms with Crippen molar-refractivity contribution < 1.29 is 9.13 Å². The molecule has 112 valence electrons. The summed E-state index contributed by atoms with van der Waals surface area (Å²) in [4.78, 5) is 0. The van der Waals surface area contributed by atoms with Crippen molar-refractivity contribution in [1.29, 1.82) is 0 Å². The van der Waals surface area contributed by atoms with Crippen molar-refractivity contribution >= 4 is 17.3 Å². The number of hydrogen-bond donors (Lipinski definition) is 2. The summed E-state index contributed by atoms with van der Waals surface area (Å²) in [5, 5.41) is 3.71. The Hall–Kier alpha value is -0.840. The SMILES string of the molecule is CC1(C)CC(CN)(Nc2cc(F)cc(Cl)c2)C(C)(C)O1. The molecule has 1 unspecified atom stereocenters. The fourth-order valence-corrected chi connectivity index (χ4v) is 3.45. The second-order valence-electron chi connectivity index (χ2n) is 6.62. The number of hydrogen-bond acceptors (Lipinski definition) is 3. The van der Waals surface area contributed by atoms with E-state index in [4.69, 9.17) is 22.1 Å².